The molecule has 2 aromatic rings. The number of nitrogens with two attached hydrogens (primary N) is 1. The zero-order chi connectivity index (χ0) is 14.5. The quantitative estimate of drug-likeness (QED) is 0.870. The van der Waals surface area contributed by atoms with Crippen molar-refractivity contribution in [2.45, 2.75) is 12.8 Å². The van der Waals surface area contributed by atoms with Gasteiger partial charge in [0.2, 0.25) is 5.91 Å². The molecule has 0 aliphatic rings. The number of benzene rings is 2. The van der Waals surface area contributed by atoms with Gasteiger partial charge in [0.1, 0.15) is 5.82 Å². The average molecular weight is 272 g/mol. The van der Waals surface area contributed by atoms with E-state index in [1.807, 2.05) is 24.3 Å². The number of aryl methyl sites for hydroxylation is 1. The molecule has 0 spiro atoms. The average Bonchev–Trinajstić information content (AvgIpc) is 2.46. The van der Waals surface area contributed by atoms with Crippen molar-refractivity contribution in [3.8, 4) is 0 Å². The Morgan fingerprint density at radius 2 is 1.70 bits per heavy atom. The Balaban J connectivity index is 1.94. The van der Waals surface area contributed by atoms with Crippen molar-refractivity contribution in [1.82, 2.24) is 0 Å². The van der Waals surface area contributed by atoms with Gasteiger partial charge in [0.05, 0.1) is 0 Å². The van der Waals surface area contributed by atoms with E-state index in [2.05, 4.69) is 0 Å². The van der Waals surface area contributed by atoms with Gasteiger partial charge < -0.3 is 10.6 Å². The van der Waals surface area contributed by atoms with E-state index in [9.17, 15) is 9.18 Å². The third kappa shape index (κ3) is 3.57. The molecule has 3 nitrogen and oxygen atoms in total. The first kappa shape index (κ1) is 14.1. The molecule has 4 heteroatoms. The van der Waals surface area contributed by atoms with Gasteiger partial charge in [-0.1, -0.05) is 12.1 Å². The Morgan fingerprint density at radius 1 is 1.10 bits per heavy atom. The number of nitrogen functional groups attached to an aromatic ring is 1. The number of hydrogen-bond donors (Lipinski definition) is 1. The second kappa shape index (κ2) is 6.19. The molecule has 0 unspecified atom stereocenters. The minimum absolute atomic E-state index is 0.00608. The fourth-order valence-corrected chi connectivity index (χ4v) is 1.91. The highest BCUT2D eigenvalue weighted by Gasteiger charge is 2.10. The number of carbonyl (C=O) groups is 1. The van der Waals surface area contributed by atoms with Crippen molar-refractivity contribution in [2.24, 2.45) is 0 Å². The number of amides is 1. The van der Waals surface area contributed by atoms with Gasteiger partial charge in [-0.2, -0.15) is 0 Å². The molecule has 2 rings (SSSR count). The number of hydrogen-bond acceptors (Lipinski definition) is 2. The lowest BCUT2D eigenvalue weighted by Gasteiger charge is -2.17. The lowest BCUT2D eigenvalue weighted by molar-refractivity contribution is -0.118. The van der Waals surface area contributed by atoms with Crippen LogP contribution in [0, 0.1) is 5.82 Å². The Morgan fingerprint density at radius 3 is 2.30 bits per heavy atom. The van der Waals surface area contributed by atoms with Crippen LogP contribution in [0.1, 0.15) is 12.0 Å². The van der Waals surface area contributed by atoms with E-state index in [0.29, 0.717) is 24.2 Å². The van der Waals surface area contributed by atoms with E-state index < -0.39 is 0 Å². The van der Waals surface area contributed by atoms with Crippen LogP contribution in [-0.4, -0.2) is 13.0 Å². The van der Waals surface area contributed by atoms with Crippen molar-refractivity contribution in [1.29, 1.82) is 0 Å². The van der Waals surface area contributed by atoms with Gasteiger partial charge in [-0.25, -0.2) is 4.39 Å². The largest absolute Gasteiger partial charge is 0.399 e. The molecule has 0 bridgehead atoms. The Labute approximate surface area is 117 Å². The summed E-state index contributed by atoms with van der Waals surface area (Å²) in [4.78, 5) is 13.6. The standard InChI is InChI=1S/C16H17FN2O/c1-19(15-9-5-13(17)6-10-15)16(20)11-4-12-2-7-14(18)8-3-12/h2-3,5-10H,4,11,18H2,1H3. The molecule has 0 fully saturated rings. The van der Waals surface area contributed by atoms with Crippen LogP contribution >= 0.6 is 0 Å². The summed E-state index contributed by atoms with van der Waals surface area (Å²) in [5.41, 5.74) is 8.08. The van der Waals surface area contributed by atoms with Gasteiger partial charge in [-0.05, 0) is 48.4 Å². The Hall–Kier alpha value is -2.36. The highest BCUT2D eigenvalue weighted by atomic mass is 19.1. The number of rotatable bonds is 4. The van der Waals surface area contributed by atoms with Crippen LogP contribution in [0.5, 0.6) is 0 Å². The summed E-state index contributed by atoms with van der Waals surface area (Å²) in [7, 11) is 1.69. The fourth-order valence-electron chi connectivity index (χ4n) is 1.91. The number of nitrogens with zero attached hydrogens (tertiary/aromatic N) is 1. The molecule has 0 aromatic heterocycles. The van der Waals surface area contributed by atoms with Crippen molar-refractivity contribution >= 4 is 17.3 Å². The zero-order valence-electron chi connectivity index (χ0n) is 11.3. The number of halogens is 1. The summed E-state index contributed by atoms with van der Waals surface area (Å²) in [5.74, 6) is -0.315. The maximum absolute atomic E-state index is 12.8. The topological polar surface area (TPSA) is 46.3 Å². The number of carbonyl (C=O) groups excluding carboxylic acids is 1. The predicted octanol–water partition coefficient (Wildman–Crippen LogP) is 3.00. The van der Waals surface area contributed by atoms with Crippen LogP contribution in [0.25, 0.3) is 0 Å². The molecule has 20 heavy (non-hydrogen) atoms. The number of anilines is 2. The molecule has 104 valence electrons. The van der Waals surface area contributed by atoms with E-state index in [1.165, 1.54) is 17.0 Å². The minimum atomic E-state index is -0.309. The smallest absolute Gasteiger partial charge is 0.227 e. The third-order valence-corrected chi connectivity index (χ3v) is 3.20. The van der Waals surface area contributed by atoms with Crippen LogP contribution < -0.4 is 10.6 Å². The van der Waals surface area contributed by atoms with Crippen molar-refractivity contribution in [3.63, 3.8) is 0 Å². The normalized spacial score (nSPS) is 10.3. The summed E-state index contributed by atoms with van der Waals surface area (Å²) >= 11 is 0. The van der Waals surface area contributed by atoms with Crippen LogP contribution in [0.2, 0.25) is 0 Å². The van der Waals surface area contributed by atoms with Crippen LogP contribution in [-0.2, 0) is 11.2 Å². The maximum Gasteiger partial charge on any atom is 0.227 e. The summed E-state index contributed by atoms with van der Waals surface area (Å²) < 4.78 is 12.8. The molecule has 2 aromatic carbocycles. The molecule has 0 saturated heterocycles. The fraction of sp³-hybridized carbons (Fsp3) is 0.188. The second-order valence-corrected chi connectivity index (χ2v) is 4.67. The van der Waals surface area contributed by atoms with Gasteiger partial charge >= 0.3 is 0 Å². The Bertz CT molecular complexity index is 578. The monoisotopic (exact) mass is 272 g/mol. The SMILES string of the molecule is CN(C(=O)CCc1ccc(N)cc1)c1ccc(F)cc1. The van der Waals surface area contributed by atoms with Crippen LogP contribution in [0.4, 0.5) is 15.8 Å². The van der Waals surface area contributed by atoms with Crippen molar-refractivity contribution in [2.75, 3.05) is 17.7 Å². The second-order valence-electron chi connectivity index (χ2n) is 4.67. The molecule has 0 heterocycles. The zero-order valence-corrected chi connectivity index (χ0v) is 11.3. The lowest BCUT2D eigenvalue weighted by atomic mass is 10.1. The summed E-state index contributed by atoms with van der Waals surface area (Å²) in [6.07, 6.45) is 1.06. The molecule has 0 saturated carbocycles. The highest BCUT2D eigenvalue weighted by molar-refractivity contribution is 5.92. The molecule has 0 atom stereocenters. The van der Waals surface area contributed by atoms with Gasteiger partial charge in [0.15, 0.2) is 0 Å². The first-order chi connectivity index (χ1) is 9.56. The summed E-state index contributed by atoms with van der Waals surface area (Å²) in [5, 5.41) is 0. The van der Waals surface area contributed by atoms with Gasteiger partial charge in [0.25, 0.3) is 0 Å². The minimum Gasteiger partial charge on any atom is -0.399 e. The van der Waals surface area contributed by atoms with Crippen LogP contribution in [0.3, 0.4) is 0 Å². The molecule has 2 N–H and O–H groups in total. The van der Waals surface area contributed by atoms with E-state index in [-0.39, 0.29) is 11.7 Å². The van der Waals surface area contributed by atoms with Crippen molar-refractivity contribution < 1.29 is 9.18 Å². The van der Waals surface area contributed by atoms with Gasteiger partial charge in [-0.3, -0.25) is 4.79 Å². The molecule has 0 aliphatic heterocycles. The van der Waals surface area contributed by atoms with Gasteiger partial charge in [0, 0.05) is 24.8 Å². The Kier molecular flexibility index (Phi) is 4.35. The molecule has 0 aliphatic carbocycles. The first-order valence-corrected chi connectivity index (χ1v) is 6.43. The van der Waals surface area contributed by atoms with E-state index in [1.54, 1.807) is 19.2 Å². The first-order valence-electron chi connectivity index (χ1n) is 6.43. The molecule has 1 amide bonds. The highest BCUT2D eigenvalue weighted by Crippen LogP contribution is 2.15. The lowest BCUT2D eigenvalue weighted by Crippen LogP contribution is -2.26. The molecule has 0 radical (unpaired) electrons. The van der Waals surface area contributed by atoms with Gasteiger partial charge in [-0.15, -0.1) is 0 Å². The predicted molar refractivity (Wildman–Crippen MR) is 79.0 cm³/mol. The van der Waals surface area contributed by atoms with E-state index in [0.717, 1.165) is 5.56 Å². The maximum atomic E-state index is 12.8. The van der Waals surface area contributed by atoms with E-state index >= 15 is 0 Å². The summed E-state index contributed by atoms with van der Waals surface area (Å²) in [6.45, 7) is 0. The summed E-state index contributed by atoms with van der Waals surface area (Å²) in [6, 6.07) is 13.4. The molecular weight excluding hydrogens is 255 g/mol. The van der Waals surface area contributed by atoms with Crippen molar-refractivity contribution in [3.05, 3.63) is 59.9 Å². The van der Waals surface area contributed by atoms with Crippen LogP contribution in [0.15, 0.2) is 48.5 Å². The molecular formula is C16H17FN2O. The van der Waals surface area contributed by atoms with E-state index in [4.69, 9.17) is 5.73 Å². The third-order valence-electron chi connectivity index (χ3n) is 3.20.